The molecule has 3 saturated heterocycles. The molecule has 3 atom stereocenters. The third kappa shape index (κ3) is 3.07. The van der Waals surface area contributed by atoms with Crippen molar-refractivity contribution in [3.05, 3.63) is 0 Å². The Hall–Kier alpha value is -1.10. The van der Waals surface area contributed by atoms with Crippen molar-refractivity contribution in [2.75, 3.05) is 19.6 Å². The molecule has 0 spiro atoms. The number of aliphatic carboxylic acids is 1. The normalized spacial score (nSPS) is 33.7. The van der Waals surface area contributed by atoms with E-state index in [-0.39, 0.29) is 17.9 Å². The van der Waals surface area contributed by atoms with E-state index in [1.54, 1.807) is 0 Å². The average Bonchev–Trinajstić information content (AvgIpc) is 2.95. The minimum atomic E-state index is -0.689. The Balaban J connectivity index is 1.58. The van der Waals surface area contributed by atoms with Gasteiger partial charge < -0.3 is 10.0 Å². The van der Waals surface area contributed by atoms with E-state index in [0.29, 0.717) is 12.6 Å². The van der Waals surface area contributed by atoms with Gasteiger partial charge in [0.25, 0.3) is 0 Å². The second kappa shape index (κ2) is 6.34. The molecule has 0 aliphatic carbocycles. The van der Waals surface area contributed by atoms with Crippen LogP contribution in [-0.4, -0.2) is 58.5 Å². The van der Waals surface area contributed by atoms with Gasteiger partial charge in [0, 0.05) is 25.2 Å². The smallest absolute Gasteiger partial charge is 0.308 e. The predicted molar refractivity (Wildman–Crippen MR) is 78.9 cm³/mol. The quantitative estimate of drug-likeness (QED) is 0.861. The maximum absolute atomic E-state index is 12.6. The summed E-state index contributed by atoms with van der Waals surface area (Å²) in [5, 5.41) is 9.28. The molecule has 0 aromatic rings. The molecule has 1 N–H and O–H groups in total. The van der Waals surface area contributed by atoms with E-state index >= 15 is 0 Å². The van der Waals surface area contributed by atoms with Crippen LogP contribution in [0.25, 0.3) is 0 Å². The number of rotatable bonds is 3. The molecule has 21 heavy (non-hydrogen) atoms. The number of carbonyl (C=O) groups is 2. The monoisotopic (exact) mass is 294 g/mol. The molecule has 0 radical (unpaired) electrons. The molecule has 3 rings (SSSR count). The Kier molecular flexibility index (Phi) is 4.48. The van der Waals surface area contributed by atoms with Gasteiger partial charge in [0.1, 0.15) is 0 Å². The summed E-state index contributed by atoms with van der Waals surface area (Å²) < 4.78 is 0. The van der Waals surface area contributed by atoms with Crippen LogP contribution in [0.4, 0.5) is 0 Å². The van der Waals surface area contributed by atoms with Gasteiger partial charge in [0.05, 0.1) is 12.5 Å². The van der Waals surface area contributed by atoms with Crippen molar-refractivity contribution < 1.29 is 14.7 Å². The van der Waals surface area contributed by atoms with E-state index < -0.39 is 5.97 Å². The van der Waals surface area contributed by atoms with Crippen molar-refractivity contribution in [2.45, 2.75) is 63.5 Å². The van der Waals surface area contributed by atoms with Crippen LogP contribution in [0, 0.1) is 5.92 Å². The van der Waals surface area contributed by atoms with Crippen LogP contribution in [0.5, 0.6) is 0 Å². The molecule has 3 aliphatic rings. The molecule has 3 aliphatic heterocycles. The summed E-state index contributed by atoms with van der Waals surface area (Å²) in [4.78, 5) is 28.0. The lowest BCUT2D eigenvalue weighted by atomic mass is 9.89. The van der Waals surface area contributed by atoms with Crippen LogP contribution >= 0.6 is 0 Å². The SMILES string of the molecule is O=C(O)C1CC2CCC1N2CC(=O)N1CCCCCCC1. The van der Waals surface area contributed by atoms with Crippen LogP contribution in [0.3, 0.4) is 0 Å². The number of amides is 1. The number of fused-ring (bicyclic) bond motifs is 2. The fourth-order valence-corrected chi connectivity index (χ4v) is 4.37. The number of carbonyl (C=O) groups excluding carboxylic acids is 1. The summed E-state index contributed by atoms with van der Waals surface area (Å²) in [6.07, 6.45) is 8.68. The topological polar surface area (TPSA) is 60.9 Å². The van der Waals surface area contributed by atoms with Crippen LogP contribution in [0.2, 0.25) is 0 Å². The highest BCUT2D eigenvalue weighted by atomic mass is 16.4. The molecule has 1 amide bonds. The Morgan fingerprint density at radius 2 is 1.67 bits per heavy atom. The third-order valence-electron chi connectivity index (χ3n) is 5.52. The number of carboxylic acids is 1. The van der Waals surface area contributed by atoms with Gasteiger partial charge in [-0.05, 0) is 32.1 Å². The average molecular weight is 294 g/mol. The van der Waals surface area contributed by atoms with E-state index in [0.717, 1.165) is 45.2 Å². The highest BCUT2D eigenvalue weighted by molar-refractivity contribution is 5.79. The van der Waals surface area contributed by atoms with Crippen molar-refractivity contribution in [2.24, 2.45) is 5.92 Å². The van der Waals surface area contributed by atoms with E-state index in [9.17, 15) is 14.7 Å². The first-order chi connectivity index (χ1) is 10.2. The summed E-state index contributed by atoms with van der Waals surface area (Å²) in [6.45, 7) is 2.19. The van der Waals surface area contributed by atoms with Gasteiger partial charge >= 0.3 is 5.97 Å². The van der Waals surface area contributed by atoms with Crippen molar-refractivity contribution in [1.82, 2.24) is 9.80 Å². The Labute approximate surface area is 126 Å². The Morgan fingerprint density at radius 3 is 2.29 bits per heavy atom. The zero-order valence-corrected chi connectivity index (χ0v) is 12.7. The van der Waals surface area contributed by atoms with Gasteiger partial charge in [-0.2, -0.15) is 0 Å². The predicted octanol–water partition coefficient (Wildman–Crippen LogP) is 1.72. The molecule has 2 bridgehead atoms. The minimum Gasteiger partial charge on any atom is -0.481 e. The van der Waals surface area contributed by atoms with Crippen molar-refractivity contribution >= 4 is 11.9 Å². The van der Waals surface area contributed by atoms with Crippen molar-refractivity contribution in [3.8, 4) is 0 Å². The summed E-state index contributed by atoms with van der Waals surface area (Å²) in [5.41, 5.74) is 0. The maximum Gasteiger partial charge on any atom is 0.308 e. The fraction of sp³-hybridized carbons (Fsp3) is 0.875. The van der Waals surface area contributed by atoms with Crippen molar-refractivity contribution in [3.63, 3.8) is 0 Å². The van der Waals surface area contributed by atoms with Crippen LogP contribution in [-0.2, 0) is 9.59 Å². The summed E-state index contributed by atoms with van der Waals surface area (Å²) in [7, 11) is 0. The maximum atomic E-state index is 12.6. The highest BCUT2D eigenvalue weighted by Crippen LogP contribution is 2.41. The first-order valence-electron chi connectivity index (χ1n) is 8.43. The third-order valence-corrected chi connectivity index (χ3v) is 5.52. The molecule has 0 aromatic carbocycles. The zero-order chi connectivity index (χ0) is 14.8. The second-order valence-corrected chi connectivity index (χ2v) is 6.80. The summed E-state index contributed by atoms with van der Waals surface area (Å²) >= 11 is 0. The molecule has 0 aromatic heterocycles. The van der Waals surface area contributed by atoms with Gasteiger partial charge in [-0.25, -0.2) is 0 Å². The van der Waals surface area contributed by atoms with E-state index in [1.165, 1.54) is 19.3 Å². The molecular weight excluding hydrogens is 268 g/mol. The molecule has 0 saturated carbocycles. The minimum absolute atomic E-state index is 0.0891. The lowest BCUT2D eigenvalue weighted by Crippen LogP contribution is -2.44. The second-order valence-electron chi connectivity index (χ2n) is 6.80. The highest BCUT2D eigenvalue weighted by Gasteiger charge is 2.49. The molecular formula is C16H26N2O3. The molecule has 3 unspecified atom stereocenters. The lowest BCUT2D eigenvalue weighted by Gasteiger charge is -2.29. The Morgan fingerprint density at radius 1 is 1.00 bits per heavy atom. The van der Waals surface area contributed by atoms with E-state index in [4.69, 9.17) is 0 Å². The first-order valence-corrected chi connectivity index (χ1v) is 8.43. The molecule has 118 valence electrons. The largest absolute Gasteiger partial charge is 0.481 e. The number of likely N-dealkylation sites (tertiary alicyclic amines) is 1. The van der Waals surface area contributed by atoms with Crippen LogP contribution < -0.4 is 0 Å². The number of carboxylic acid groups (broad SMARTS) is 1. The van der Waals surface area contributed by atoms with Crippen LogP contribution in [0.1, 0.15) is 51.4 Å². The van der Waals surface area contributed by atoms with Gasteiger partial charge in [-0.3, -0.25) is 14.5 Å². The Bertz CT molecular complexity index is 404. The van der Waals surface area contributed by atoms with E-state index in [2.05, 4.69) is 4.90 Å². The number of hydrogen-bond donors (Lipinski definition) is 1. The lowest BCUT2D eigenvalue weighted by molar-refractivity contribution is -0.143. The first kappa shape index (κ1) is 14.8. The number of nitrogens with zero attached hydrogens (tertiary/aromatic N) is 2. The fourth-order valence-electron chi connectivity index (χ4n) is 4.37. The standard InChI is InChI=1S/C16H26N2O3/c19-15(17-8-4-2-1-3-5-9-17)11-18-12-6-7-14(18)13(10-12)16(20)21/h12-14H,1-11H2,(H,20,21). The van der Waals surface area contributed by atoms with Gasteiger partial charge in [-0.15, -0.1) is 0 Å². The summed E-state index contributed by atoms with van der Waals surface area (Å²) in [5.74, 6) is -0.741. The van der Waals surface area contributed by atoms with Gasteiger partial charge in [0.15, 0.2) is 0 Å². The van der Waals surface area contributed by atoms with Crippen molar-refractivity contribution in [1.29, 1.82) is 0 Å². The molecule has 5 nitrogen and oxygen atoms in total. The molecule has 5 heteroatoms. The number of hydrogen-bond acceptors (Lipinski definition) is 3. The van der Waals surface area contributed by atoms with Gasteiger partial charge in [0.2, 0.25) is 5.91 Å². The summed E-state index contributed by atoms with van der Waals surface area (Å²) in [6, 6.07) is 0.404. The molecule has 3 fully saturated rings. The zero-order valence-electron chi connectivity index (χ0n) is 12.7. The van der Waals surface area contributed by atoms with E-state index in [1.807, 2.05) is 4.90 Å². The molecule has 3 heterocycles. The van der Waals surface area contributed by atoms with Crippen LogP contribution in [0.15, 0.2) is 0 Å². The van der Waals surface area contributed by atoms with Gasteiger partial charge in [-0.1, -0.05) is 19.3 Å².